The zero-order chi connectivity index (χ0) is 17.6. The van der Waals surface area contributed by atoms with Crippen LogP contribution in [0.15, 0.2) is 10.9 Å². The Bertz CT molecular complexity index is 721. The molecule has 0 N–H and O–H groups in total. The van der Waals surface area contributed by atoms with Crippen molar-refractivity contribution in [2.24, 2.45) is 5.92 Å². The van der Waals surface area contributed by atoms with Gasteiger partial charge in [0.05, 0.1) is 18.3 Å². The third kappa shape index (κ3) is 3.12. The normalized spacial score (nSPS) is 24.7. The number of aryl methyl sites for hydroxylation is 2. The zero-order valence-corrected chi connectivity index (χ0v) is 15.3. The topological polar surface area (TPSA) is 58.4 Å². The van der Waals surface area contributed by atoms with Crippen LogP contribution in [0.1, 0.15) is 44.4 Å². The van der Waals surface area contributed by atoms with E-state index in [0.717, 1.165) is 50.2 Å². The van der Waals surface area contributed by atoms with E-state index in [1.807, 2.05) is 4.90 Å². The summed E-state index contributed by atoms with van der Waals surface area (Å²) in [6.45, 7) is 7.49. The van der Waals surface area contributed by atoms with Gasteiger partial charge in [0.1, 0.15) is 0 Å². The molecule has 1 atom stereocenters. The van der Waals surface area contributed by atoms with Gasteiger partial charge in [-0.3, -0.25) is 14.5 Å². The number of carbonyl (C=O) groups is 1. The smallest absolute Gasteiger partial charge is 0.267 e. The van der Waals surface area contributed by atoms with E-state index in [9.17, 15) is 9.59 Å². The van der Waals surface area contributed by atoms with Crippen molar-refractivity contribution in [3.05, 3.63) is 27.7 Å². The van der Waals surface area contributed by atoms with E-state index >= 15 is 0 Å². The highest BCUT2D eigenvalue weighted by Gasteiger charge is 2.42. The van der Waals surface area contributed by atoms with E-state index in [1.165, 1.54) is 12.8 Å². The van der Waals surface area contributed by atoms with Gasteiger partial charge in [-0.05, 0) is 51.5 Å². The van der Waals surface area contributed by atoms with Crippen molar-refractivity contribution in [3.8, 4) is 0 Å². The molecule has 1 aromatic rings. The minimum atomic E-state index is 0.0297. The lowest BCUT2D eigenvalue weighted by Crippen LogP contribution is -2.56. The lowest BCUT2D eigenvalue weighted by molar-refractivity contribution is -0.135. The van der Waals surface area contributed by atoms with Crippen LogP contribution in [-0.4, -0.2) is 57.2 Å². The van der Waals surface area contributed by atoms with Crippen LogP contribution in [0, 0.1) is 5.92 Å². The summed E-state index contributed by atoms with van der Waals surface area (Å²) in [6.07, 6.45) is 5.25. The van der Waals surface area contributed by atoms with Gasteiger partial charge in [0.25, 0.3) is 5.56 Å². The van der Waals surface area contributed by atoms with E-state index in [-0.39, 0.29) is 23.6 Å². The van der Waals surface area contributed by atoms with E-state index < -0.39 is 0 Å². The first-order valence-electron chi connectivity index (χ1n) is 9.67. The molecule has 6 nitrogen and oxygen atoms in total. The van der Waals surface area contributed by atoms with Crippen LogP contribution in [0.4, 0.5) is 0 Å². The Morgan fingerprint density at radius 2 is 1.96 bits per heavy atom. The van der Waals surface area contributed by atoms with Gasteiger partial charge in [0, 0.05) is 37.7 Å². The number of aromatic nitrogens is 2. The lowest BCUT2D eigenvalue weighted by Gasteiger charge is -2.42. The molecule has 4 rings (SSSR count). The monoisotopic (exact) mass is 344 g/mol. The van der Waals surface area contributed by atoms with Crippen LogP contribution >= 0.6 is 0 Å². The Hall–Kier alpha value is -1.69. The van der Waals surface area contributed by atoms with Crippen molar-refractivity contribution >= 4 is 5.91 Å². The van der Waals surface area contributed by atoms with Crippen LogP contribution in [0.25, 0.3) is 0 Å². The molecule has 6 heteroatoms. The summed E-state index contributed by atoms with van der Waals surface area (Å²) >= 11 is 0. The summed E-state index contributed by atoms with van der Waals surface area (Å²) in [5.41, 5.74) is 2.29. The number of amides is 1. The Morgan fingerprint density at radius 1 is 1.20 bits per heavy atom. The van der Waals surface area contributed by atoms with Crippen LogP contribution in [0.5, 0.6) is 0 Å². The van der Waals surface area contributed by atoms with Crippen molar-refractivity contribution in [2.75, 3.05) is 19.6 Å². The standard InChI is InChI=1S/C19H28N4O2/c1-13(2)22-8-7-17(19(22)25)21-10-14(11-21)12-23-18(24)9-15-5-3-4-6-16(15)20-23/h9,13-14,17H,3-8,10-12H2,1-2H3. The molecule has 0 bridgehead atoms. The summed E-state index contributed by atoms with van der Waals surface area (Å²) < 4.78 is 1.66. The van der Waals surface area contributed by atoms with Gasteiger partial charge < -0.3 is 4.90 Å². The zero-order valence-electron chi connectivity index (χ0n) is 15.3. The highest BCUT2D eigenvalue weighted by molar-refractivity contribution is 5.84. The van der Waals surface area contributed by atoms with Gasteiger partial charge in [-0.25, -0.2) is 4.68 Å². The van der Waals surface area contributed by atoms with Crippen molar-refractivity contribution in [2.45, 2.75) is 64.6 Å². The third-order valence-electron chi connectivity index (χ3n) is 5.97. The molecule has 25 heavy (non-hydrogen) atoms. The SMILES string of the molecule is CC(C)N1CCC(N2CC(Cn3nc4c(cc3=O)CCCC4)C2)C1=O. The third-order valence-corrected chi connectivity index (χ3v) is 5.97. The molecule has 0 saturated carbocycles. The fourth-order valence-corrected chi connectivity index (χ4v) is 4.49. The maximum atomic E-state index is 12.5. The first-order chi connectivity index (χ1) is 12.0. The maximum absolute atomic E-state index is 12.5. The second kappa shape index (κ2) is 6.56. The number of carbonyl (C=O) groups excluding carboxylic acids is 1. The van der Waals surface area contributed by atoms with E-state index in [2.05, 4.69) is 23.8 Å². The van der Waals surface area contributed by atoms with Gasteiger partial charge >= 0.3 is 0 Å². The highest BCUT2D eigenvalue weighted by Crippen LogP contribution is 2.27. The van der Waals surface area contributed by atoms with Crippen LogP contribution in [0.3, 0.4) is 0 Å². The highest BCUT2D eigenvalue weighted by atomic mass is 16.2. The predicted molar refractivity (Wildman–Crippen MR) is 95.5 cm³/mol. The second-order valence-corrected chi connectivity index (χ2v) is 8.09. The minimum Gasteiger partial charge on any atom is -0.339 e. The molecule has 2 aliphatic heterocycles. The number of hydrogen-bond acceptors (Lipinski definition) is 4. The van der Waals surface area contributed by atoms with Gasteiger partial charge in [0.2, 0.25) is 5.91 Å². The lowest BCUT2D eigenvalue weighted by atomic mass is 9.96. The summed E-state index contributed by atoms with van der Waals surface area (Å²) in [4.78, 5) is 29.0. The largest absolute Gasteiger partial charge is 0.339 e. The van der Waals surface area contributed by atoms with Gasteiger partial charge in [-0.2, -0.15) is 5.10 Å². The molecule has 3 aliphatic rings. The molecule has 1 aromatic heterocycles. The number of likely N-dealkylation sites (tertiary alicyclic amines) is 2. The molecule has 1 aliphatic carbocycles. The summed E-state index contributed by atoms with van der Waals surface area (Å²) in [5, 5.41) is 4.62. The predicted octanol–water partition coefficient (Wildman–Crippen LogP) is 1.06. The minimum absolute atomic E-state index is 0.0297. The number of rotatable bonds is 4. The fourth-order valence-electron chi connectivity index (χ4n) is 4.49. The molecule has 3 heterocycles. The van der Waals surface area contributed by atoms with Crippen LogP contribution in [0.2, 0.25) is 0 Å². The average molecular weight is 344 g/mol. The van der Waals surface area contributed by atoms with Crippen molar-refractivity contribution in [1.29, 1.82) is 0 Å². The van der Waals surface area contributed by atoms with Crippen molar-refractivity contribution in [3.63, 3.8) is 0 Å². The van der Waals surface area contributed by atoms with E-state index in [0.29, 0.717) is 12.5 Å². The van der Waals surface area contributed by atoms with Gasteiger partial charge in [0.15, 0.2) is 0 Å². The Kier molecular flexibility index (Phi) is 4.40. The molecular formula is C19H28N4O2. The second-order valence-electron chi connectivity index (χ2n) is 8.09. The fraction of sp³-hybridized carbons (Fsp3) is 0.737. The van der Waals surface area contributed by atoms with Gasteiger partial charge in [-0.1, -0.05) is 0 Å². The Balaban J connectivity index is 1.36. The summed E-state index contributed by atoms with van der Waals surface area (Å²) in [5.74, 6) is 0.699. The average Bonchev–Trinajstić information content (AvgIpc) is 2.92. The molecule has 2 saturated heterocycles. The number of fused-ring (bicyclic) bond motifs is 1. The first-order valence-corrected chi connectivity index (χ1v) is 9.67. The van der Waals surface area contributed by atoms with E-state index in [4.69, 9.17) is 0 Å². The molecule has 1 amide bonds. The Morgan fingerprint density at radius 3 is 2.68 bits per heavy atom. The van der Waals surface area contributed by atoms with Crippen molar-refractivity contribution < 1.29 is 4.79 Å². The van der Waals surface area contributed by atoms with E-state index in [1.54, 1.807) is 10.7 Å². The summed E-state index contributed by atoms with van der Waals surface area (Å²) in [6, 6.07) is 2.12. The van der Waals surface area contributed by atoms with Crippen LogP contribution in [-0.2, 0) is 24.2 Å². The molecule has 0 aromatic carbocycles. The van der Waals surface area contributed by atoms with Gasteiger partial charge in [-0.15, -0.1) is 0 Å². The summed E-state index contributed by atoms with van der Waals surface area (Å²) in [7, 11) is 0. The molecule has 136 valence electrons. The maximum Gasteiger partial charge on any atom is 0.267 e. The molecular weight excluding hydrogens is 316 g/mol. The molecule has 2 fully saturated rings. The molecule has 1 unspecified atom stereocenters. The number of nitrogens with zero attached hydrogens (tertiary/aromatic N) is 4. The Labute approximate surface area is 148 Å². The van der Waals surface area contributed by atoms with Crippen LogP contribution < -0.4 is 5.56 Å². The first kappa shape index (κ1) is 16.8. The molecule has 0 radical (unpaired) electrons. The van der Waals surface area contributed by atoms with Crippen molar-refractivity contribution in [1.82, 2.24) is 19.6 Å². The molecule has 0 spiro atoms. The quantitative estimate of drug-likeness (QED) is 0.820. The number of hydrogen-bond donors (Lipinski definition) is 0.